The predicted octanol–water partition coefficient (Wildman–Crippen LogP) is 2.92. The molecule has 1 heterocycles. The predicted molar refractivity (Wildman–Crippen MR) is 135 cm³/mol. The van der Waals surface area contributed by atoms with Crippen molar-refractivity contribution >= 4 is 17.5 Å². The summed E-state index contributed by atoms with van der Waals surface area (Å²) in [5.41, 5.74) is 6.91. The molecule has 1 saturated heterocycles. The van der Waals surface area contributed by atoms with Gasteiger partial charge in [0.15, 0.2) is 0 Å². The third-order valence-electron chi connectivity index (χ3n) is 7.42. The van der Waals surface area contributed by atoms with Crippen LogP contribution in [0.4, 0.5) is 5.69 Å². The molecule has 0 radical (unpaired) electrons. The lowest BCUT2D eigenvalue weighted by atomic mass is 9.81. The number of nitro groups is 1. The topological polar surface area (TPSA) is 122 Å². The van der Waals surface area contributed by atoms with E-state index in [0.717, 1.165) is 31.4 Å². The fraction of sp³-hybridized carbons (Fsp3) is 0.692. The molecule has 2 fully saturated rings. The molecule has 1 aromatic carbocycles. The maximum atomic E-state index is 13.2. The van der Waals surface area contributed by atoms with Crippen LogP contribution in [-0.2, 0) is 16.1 Å². The van der Waals surface area contributed by atoms with Gasteiger partial charge >= 0.3 is 0 Å². The van der Waals surface area contributed by atoms with E-state index in [9.17, 15) is 19.7 Å². The Kier molecular flexibility index (Phi) is 9.63. The summed E-state index contributed by atoms with van der Waals surface area (Å²) in [5, 5.41) is 14.1. The largest absolute Gasteiger partial charge is 0.354 e. The standard InChI is InChI=1S/C26H41N5O4/c1-18(2)15-29(16-20-7-9-23(10-8-20)31(34)35)24-12-25(30(17-24)19(3)32)26(33)28-14-22-6-4-5-21(11-22)13-27/h7-10,18,21-22,24-25H,4-6,11-17,27H2,1-3H3,(H,28,33). The van der Waals surface area contributed by atoms with Gasteiger partial charge in [0.25, 0.3) is 5.69 Å². The molecule has 1 saturated carbocycles. The number of likely N-dealkylation sites (tertiary alicyclic amines) is 1. The number of nitrogens with one attached hydrogen (secondary N) is 1. The third-order valence-corrected chi connectivity index (χ3v) is 7.42. The van der Waals surface area contributed by atoms with Gasteiger partial charge < -0.3 is 16.0 Å². The molecule has 35 heavy (non-hydrogen) atoms. The zero-order chi connectivity index (χ0) is 25.5. The number of rotatable bonds is 10. The number of carbonyl (C=O) groups excluding carboxylic acids is 2. The van der Waals surface area contributed by atoms with E-state index in [0.29, 0.717) is 50.4 Å². The fourth-order valence-corrected chi connectivity index (χ4v) is 5.61. The van der Waals surface area contributed by atoms with Crippen molar-refractivity contribution in [3.8, 4) is 0 Å². The first-order chi connectivity index (χ1) is 16.7. The van der Waals surface area contributed by atoms with Crippen LogP contribution in [0.25, 0.3) is 0 Å². The van der Waals surface area contributed by atoms with Gasteiger partial charge in [-0.1, -0.05) is 32.4 Å². The summed E-state index contributed by atoms with van der Waals surface area (Å²) < 4.78 is 0. The van der Waals surface area contributed by atoms with Crippen molar-refractivity contribution in [2.24, 2.45) is 23.5 Å². The van der Waals surface area contributed by atoms with Gasteiger partial charge in [-0.15, -0.1) is 0 Å². The number of carbonyl (C=O) groups is 2. The van der Waals surface area contributed by atoms with Crippen molar-refractivity contribution in [1.29, 1.82) is 0 Å². The van der Waals surface area contributed by atoms with Gasteiger partial charge in [0, 0.05) is 51.3 Å². The minimum absolute atomic E-state index is 0.0449. The molecule has 0 aromatic heterocycles. The smallest absolute Gasteiger partial charge is 0.269 e. The number of nitro benzene ring substituents is 1. The van der Waals surface area contributed by atoms with E-state index in [4.69, 9.17) is 5.73 Å². The van der Waals surface area contributed by atoms with Gasteiger partial charge in [0.2, 0.25) is 11.8 Å². The van der Waals surface area contributed by atoms with E-state index >= 15 is 0 Å². The van der Waals surface area contributed by atoms with Crippen LogP contribution in [0.2, 0.25) is 0 Å². The Morgan fingerprint density at radius 1 is 1.20 bits per heavy atom. The molecule has 4 atom stereocenters. The van der Waals surface area contributed by atoms with Crippen LogP contribution in [0.1, 0.15) is 58.4 Å². The molecule has 9 nitrogen and oxygen atoms in total. The molecule has 1 aliphatic heterocycles. The van der Waals surface area contributed by atoms with Gasteiger partial charge in [-0.05, 0) is 55.5 Å². The van der Waals surface area contributed by atoms with E-state index < -0.39 is 11.0 Å². The molecule has 0 spiro atoms. The number of nitrogens with two attached hydrogens (primary N) is 1. The summed E-state index contributed by atoms with van der Waals surface area (Å²) in [7, 11) is 0. The van der Waals surface area contributed by atoms with E-state index in [1.807, 2.05) is 0 Å². The molecule has 194 valence electrons. The molecular formula is C26H41N5O4. The molecule has 3 N–H and O–H groups in total. The molecule has 3 rings (SSSR count). The number of hydrogen-bond donors (Lipinski definition) is 2. The Balaban J connectivity index is 1.66. The summed E-state index contributed by atoms with van der Waals surface area (Å²) in [4.78, 5) is 40.2. The Hall–Kier alpha value is -2.52. The SMILES string of the molecule is CC(=O)N1CC(N(Cc2ccc([N+](=O)[O-])cc2)CC(C)C)CC1C(=O)NCC1CCCC(CN)C1. The molecule has 0 bridgehead atoms. The Morgan fingerprint density at radius 3 is 2.49 bits per heavy atom. The quantitative estimate of drug-likeness (QED) is 0.387. The van der Waals surface area contributed by atoms with Gasteiger partial charge in [-0.3, -0.25) is 24.6 Å². The molecule has 1 aromatic rings. The molecular weight excluding hydrogens is 446 g/mol. The van der Waals surface area contributed by atoms with Gasteiger partial charge in [-0.2, -0.15) is 0 Å². The molecule has 1 aliphatic carbocycles. The molecule has 2 amide bonds. The highest BCUT2D eigenvalue weighted by Gasteiger charge is 2.41. The van der Waals surface area contributed by atoms with E-state index in [2.05, 4.69) is 24.1 Å². The lowest BCUT2D eigenvalue weighted by molar-refractivity contribution is -0.384. The second-order valence-corrected chi connectivity index (χ2v) is 10.7. The van der Waals surface area contributed by atoms with Crippen LogP contribution in [0.15, 0.2) is 24.3 Å². The highest BCUT2D eigenvalue weighted by molar-refractivity contribution is 5.87. The normalized spacial score (nSPS) is 24.7. The molecule has 2 aliphatic rings. The summed E-state index contributed by atoms with van der Waals surface area (Å²) >= 11 is 0. The highest BCUT2D eigenvalue weighted by atomic mass is 16.6. The van der Waals surface area contributed by atoms with Crippen LogP contribution in [0.3, 0.4) is 0 Å². The fourth-order valence-electron chi connectivity index (χ4n) is 5.61. The summed E-state index contributed by atoms with van der Waals surface area (Å²) in [5.74, 6) is 1.22. The summed E-state index contributed by atoms with van der Waals surface area (Å²) in [6, 6.07) is 6.19. The zero-order valence-corrected chi connectivity index (χ0v) is 21.3. The lowest BCUT2D eigenvalue weighted by Crippen LogP contribution is -2.46. The molecule has 4 unspecified atom stereocenters. The second kappa shape index (κ2) is 12.4. The van der Waals surface area contributed by atoms with E-state index in [1.165, 1.54) is 25.5 Å². The van der Waals surface area contributed by atoms with Crippen LogP contribution < -0.4 is 11.1 Å². The average molecular weight is 488 g/mol. The van der Waals surface area contributed by atoms with E-state index in [-0.39, 0.29) is 23.5 Å². The van der Waals surface area contributed by atoms with Crippen LogP contribution in [-0.4, -0.2) is 64.8 Å². The average Bonchev–Trinajstić information content (AvgIpc) is 3.28. The van der Waals surface area contributed by atoms with Crippen molar-refractivity contribution in [1.82, 2.24) is 15.1 Å². The number of hydrogen-bond acceptors (Lipinski definition) is 6. The minimum Gasteiger partial charge on any atom is -0.354 e. The Labute approximate surface area is 208 Å². The first kappa shape index (κ1) is 27.1. The lowest BCUT2D eigenvalue weighted by Gasteiger charge is -2.30. The Bertz CT molecular complexity index is 875. The van der Waals surface area contributed by atoms with Gasteiger partial charge in [0.1, 0.15) is 6.04 Å². The Morgan fingerprint density at radius 2 is 1.89 bits per heavy atom. The van der Waals surface area contributed by atoms with Gasteiger partial charge in [0.05, 0.1) is 4.92 Å². The molecule has 9 heteroatoms. The van der Waals surface area contributed by atoms with Crippen molar-refractivity contribution in [2.75, 3.05) is 26.2 Å². The maximum Gasteiger partial charge on any atom is 0.269 e. The van der Waals surface area contributed by atoms with Crippen LogP contribution >= 0.6 is 0 Å². The number of nitrogens with zero attached hydrogens (tertiary/aromatic N) is 3. The van der Waals surface area contributed by atoms with Crippen LogP contribution in [0, 0.1) is 27.9 Å². The van der Waals surface area contributed by atoms with Crippen molar-refractivity contribution in [3.05, 3.63) is 39.9 Å². The summed E-state index contributed by atoms with van der Waals surface area (Å²) in [6.45, 7) is 9.08. The van der Waals surface area contributed by atoms with Gasteiger partial charge in [-0.25, -0.2) is 0 Å². The first-order valence-electron chi connectivity index (χ1n) is 12.9. The number of non-ortho nitro benzene ring substituents is 1. The number of amides is 2. The van der Waals surface area contributed by atoms with Crippen LogP contribution in [0.5, 0.6) is 0 Å². The van der Waals surface area contributed by atoms with E-state index in [1.54, 1.807) is 17.0 Å². The maximum absolute atomic E-state index is 13.2. The van der Waals surface area contributed by atoms with Crippen molar-refractivity contribution < 1.29 is 14.5 Å². The van der Waals surface area contributed by atoms with Crippen molar-refractivity contribution in [2.45, 2.75) is 71.5 Å². The zero-order valence-electron chi connectivity index (χ0n) is 21.3. The highest BCUT2D eigenvalue weighted by Crippen LogP contribution is 2.29. The second-order valence-electron chi connectivity index (χ2n) is 10.7. The summed E-state index contributed by atoms with van der Waals surface area (Å²) in [6.07, 6.45) is 5.07. The van der Waals surface area contributed by atoms with Crippen molar-refractivity contribution in [3.63, 3.8) is 0 Å². The first-order valence-corrected chi connectivity index (χ1v) is 12.9. The monoisotopic (exact) mass is 487 g/mol. The third kappa shape index (κ3) is 7.48. The minimum atomic E-state index is -0.474. The number of benzene rings is 1.